The molecule has 1 saturated heterocycles. The van der Waals surface area contributed by atoms with E-state index in [-0.39, 0.29) is 24.0 Å². The van der Waals surface area contributed by atoms with Crippen molar-refractivity contribution in [3.05, 3.63) is 22.4 Å². The number of hydrogen-bond donors (Lipinski definition) is 2. The van der Waals surface area contributed by atoms with Crippen LogP contribution in [-0.2, 0) is 6.42 Å². The molecule has 1 aromatic rings. The van der Waals surface area contributed by atoms with E-state index in [1.165, 1.54) is 31.1 Å². The van der Waals surface area contributed by atoms with Crippen molar-refractivity contribution in [1.29, 1.82) is 0 Å². The molecule has 2 N–H and O–H groups in total. The predicted octanol–water partition coefficient (Wildman–Crippen LogP) is 1.96. The molecule has 24 heavy (non-hydrogen) atoms. The van der Waals surface area contributed by atoms with Gasteiger partial charge in [0.1, 0.15) is 0 Å². The summed E-state index contributed by atoms with van der Waals surface area (Å²) in [5.74, 6) is 1.53. The van der Waals surface area contributed by atoms with Crippen molar-refractivity contribution in [2.75, 3.05) is 59.9 Å². The molecule has 0 saturated carbocycles. The molecule has 0 spiro atoms. The average molecular weight is 465 g/mol. The number of nitrogens with zero attached hydrogens (tertiary/aromatic N) is 3. The fraction of sp³-hybridized carbons (Fsp3) is 0.706. The zero-order valence-electron chi connectivity index (χ0n) is 15.1. The molecule has 0 radical (unpaired) electrons. The van der Waals surface area contributed by atoms with Gasteiger partial charge in [-0.2, -0.15) is 0 Å². The van der Waals surface area contributed by atoms with Gasteiger partial charge in [0, 0.05) is 57.7 Å². The topological polar surface area (TPSA) is 42.9 Å². The molecule has 1 aromatic heterocycles. The number of likely N-dealkylation sites (N-methyl/N-ethyl adjacent to an activating group) is 1. The quantitative estimate of drug-likeness (QED) is 0.367. The van der Waals surface area contributed by atoms with Crippen LogP contribution in [0.4, 0.5) is 0 Å². The smallest absolute Gasteiger partial charge is 0.190 e. The lowest BCUT2D eigenvalue weighted by Gasteiger charge is -2.34. The largest absolute Gasteiger partial charge is 0.356 e. The summed E-state index contributed by atoms with van der Waals surface area (Å²) in [5, 5.41) is 8.98. The second-order valence-corrected chi connectivity index (χ2v) is 7.45. The minimum Gasteiger partial charge on any atom is -0.356 e. The van der Waals surface area contributed by atoms with Crippen LogP contribution in [0.3, 0.4) is 0 Å². The maximum atomic E-state index is 4.31. The Hall–Kier alpha value is -0.380. The van der Waals surface area contributed by atoms with E-state index in [2.05, 4.69) is 56.9 Å². The zero-order chi connectivity index (χ0) is 16.5. The van der Waals surface area contributed by atoms with Crippen molar-refractivity contribution in [1.82, 2.24) is 20.4 Å². The minimum absolute atomic E-state index is 0. The summed E-state index contributed by atoms with van der Waals surface area (Å²) in [5.41, 5.74) is 0. The molecule has 2 heterocycles. The Balaban J connectivity index is 0.00000288. The van der Waals surface area contributed by atoms with Crippen LogP contribution in [0.15, 0.2) is 22.5 Å². The summed E-state index contributed by atoms with van der Waals surface area (Å²) in [4.78, 5) is 10.7. The second-order valence-electron chi connectivity index (χ2n) is 6.42. The molecule has 1 aliphatic rings. The molecule has 2 rings (SSSR count). The van der Waals surface area contributed by atoms with E-state index in [0.717, 1.165) is 32.0 Å². The lowest BCUT2D eigenvalue weighted by atomic mass is 10.1. The first-order chi connectivity index (χ1) is 11.2. The molecular weight excluding hydrogens is 433 g/mol. The van der Waals surface area contributed by atoms with Gasteiger partial charge in [-0.1, -0.05) is 13.0 Å². The van der Waals surface area contributed by atoms with Gasteiger partial charge in [0.05, 0.1) is 0 Å². The van der Waals surface area contributed by atoms with E-state index in [1.807, 2.05) is 18.4 Å². The van der Waals surface area contributed by atoms with Gasteiger partial charge >= 0.3 is 0 Å². The van der Waals surface area contributed by atoms with E-state index < -0.39 is 0 Å². The molecule has 1 unspecified atom stereocenters. The highest BCUT2D eigenvalue weighted by molar-refractivity contribution is 14.0. The van der Waals surface area contributed by atoms with Gasteiger partial charge < -0.3 is 20.4 Å². The van der Waals surface area contributed by atoms with Crippen LogP contribution in [-0.4, -0.2) is 75.7 Å². The monoisotopic (exact) mass is 465 g/mol. The Morgan fingerprint density at radius 1 is 1.29 bits per heavy atom. The Labute approximate surface area is 167 Å². The summed E-state index contributed by atoms with van der Waals surface area (Å²) in [7, 11) is 4.04. The van der Waals surface area contributed by atoms with Gasteiger partial charge in [0.2, 0.25) is 0 Å². The second kappa shape index (κ2) is 12.1. The van der Waals surface area contributed by atoms with E-state index in [1.54, 1.807) is 0 Å². The Morgan fingerprint density at radius 2 is 2.04 bits per heavy atom. The van der Waals surface area contributed by atoms with Crippen LogP contribution < -0.4 is 10.6 Å². The molecule has 138 valence electrons. The van der Waals surface area contributed by atoms with Crippen LogP contribution in [0.1, 0.15) is 11.8 Å². The van der Waals surface area contributed by atoms with Crippen molar-refractivity contribution in [2.24, 2.45) is 10.9 Å². The maximum Gasteiger partial charge on any atom is 0.190 e. The average Bonchev–Trinajstić information content (AvgIpc) is 3.06. The van der Waals surface area contributed by atoms with Crippen molar-refractivity contribution in [3.8, 4) is 0 Å². The number of rotatable bonds is 7. The van der Waals surface area contributed by atoms with Crippen molar-refractivity contribution in [2.45, 2.75) is 13.3 Å². The standard InChI is InChI=1S/C17H31N5S.HI/c1-15(14-22-10-8-21(3)9-11-22)13-20-17(18-2)19-7-6-16-5-4-12-23-16;/h4-5,12,15H,6-11,13-14H2,1-3H3,(H2,18,19,20);1H. The highest BCUT2D eigenvalue weighted by Gasteiger charge is 2.16. The normalized spacial score (nSPS) is 18.0. The Morgan fingerprint density at radius 3 is 2.67 bits per heavy atom. The predicted molar refractivity (Wildman–Crippen MR) is 116 cm³/mol. The van der Waals surface area contributed by atoms with Crippen LogP contribution in [0, 0.1) is 5.92 Å². The van der Waals surface area contributed by atoms with Crippen LogP contribution >= 0.6 is 35.3 Å². The Kier molecular flexibility index (Phi) is 10.9. The van der Waals surface area contributed by atoms with Gasteiger partial charge in [0.25, 0.3) is 0 Å². The fourth-order valence-corrected chi connectivity index (χ4v) is 3.50. The molecule has 0 amide bonds. The SMILES string of the molecule is CN=C(NCCc1cccs1)NCC(C)CN1CCN(C)CC1.I. The van der Waals surface area contributed by atoms with Crippen LogP contribution in [0.2, 0.25) is 0 Å². The summed E-state index contributed by atoms with van der Waals surface area (Å²) in [6.07, 6.45) is 1.05. The summed E-state index contributed by atoms with van der Waals surface area (Å²) in [6.45, 7) is 10.1. The number of hydrogen-bond acceptors (Lipinski definition) is 4. The molecule has 0 aliphatic carbocycles. The van der Waals surface area contributed by atoms with E-state index >= 15 is 0 Å². The zero-order valence-corrected chi connectivity index (χ0v) is 18.3. The molecule has 0 aromatic carbocycles. The lowest BCUT2D eigenvalue weighted by molar-refractivity contribution is 0.139. The number of guanidine groups is 1. The molecule has 1 fully saturated rings. The number of nitrogens with one attached hydrogen (secondary N) is 2. The van der Waals surface area contributed by atoms with Crippen molar-refractivity contribution < 1.29 is 0 Å². The summed E-state index contributed by atoms with van der Waals surface area (Å²) < 4.78 is 0. The van der Waals surface area contributed by atoms with E-state index in [9.17, 15) is 0 Å². The number of aliphatic imine (C=N–C) groups is 1. The van der Waals surface area contributed by atoms with Crippen LogP contribution in [0.5, 0.6) is 0 Å². The van der Waals surface area contributed by atoms with E-state index in [0.29, 0.717) is 5.92 Å². The van der Waals surface area contributed by atoms with E-state index in [4.69, 9.17) is 0 Å². The molecule has 1 aliphatic heterocycles. The molecular formula is C17H32IN5S. The molecule has 1 atom stereocenters. The highest BCUT2D eigenvalue weighted by Crippen LogP contribution is 2.08. The molecule has 0 bridgehead atoms. The first kappa shape index (κ1) is 21.7. The molecule has 7 heteroatoms. The van der Waals surface area contributed by atoms with Crippen molar-refractivity contribution in [3.63, 3.8) is 0 Å². The maximum absolute atomic E-state index is 4.31. The summed E-state index contributed by atoms with van der Waals surface area (Å²) in [6, 6.07) is 4.29. The first-order valence-corrected chi connectivity index (χ1v) is 9.43. The van der Waals surface area contributed by atoms with Gasteiger partial charge in [-0.05, 0) is 30.8 Å². The fourth-order valence-electron chi connectivity index (χ4n) is 2.79. The third-order valence-electron chi connectivity index (χ3n) is 4.25. The van der Waals surface area contributed by atoms with Crippen LogP contribution in [0.25, 0.3) is 0 Å². The minimum atomic E-state index is 0. The summed E-state index contributed by atoms with van der Waals surface area (Å²) >= 11 is 1.81. The number of halogens is 1. The van der Waals surface area contributed by atoms with Gasteiger partial charge in [-0.25, -0.2) is 0 Å². The van der Waals surface area contributed by atoms with Gasteiger partial charge in [-0.15, -0.1) is 35.3 Å². The Bertz CT molecular complexity index is 458. The lowest BCUT2D eigenvalue weighted by Crippen LogP contribution is -2.47. The number of thiophene rings is 1. The van der Waals surface area contributed by atoms with Gasteiger partial charge in [-0.3, -0.25) is 4.99 Å². The number of piperazine rings is 1. The third kappa shape index (κ3) is 8.13. The van der Waals surface area contributed by atoms with Crippen molar-refractivity contribution >= 4 is 41.3 Å². The first-order valence-electron chi connectivity index (χ1n) is 8.55. The van der Waals surface area contributed by atoms with Gasteiger partial charge in [0.15, 0.2) is 5.96 Å². The third-order valence-corrected chi connectivity index (χ3v) is 5.19. The molecule has 5 nitrogen and oxygen atoms in total. The highest BCUT2D eigenvalue weighted by atomic mass is 127.